The Balaban J connectivity index is 2.89. The molecule has 0 unspecified atom stereocenters. The van der Waals surface area contributed by atoms with Crippen molar-refractivity contribution in [1.29, 1.82) is 0 Å². The molecular weight excluding hydrogens is 188 g/mol. The zero-order valence-corrected chi connectivity index (χ0v) is 8.40. The van der Waals surface area contributed by atoms with Gasteiger partial charge in [0.15, 0.2) is 0 Å². The number of carbonyl (C=O) groups excluding carboxylic acids is 1. The van der Waals surface area contributed by atoms with Gasteiger partial charge in [0.1, 0.15) is 4.88 Å². The van der Waals surface area contributed by atoms with E-state index in [4.69, 9.17) is 5.73 Å². The van der Waals surface area contributed by atoms with E-state index in [1.807, 2.05) is 6.92 Å². The molecule has 0 saturated heterocycles. The Labute approximate surface area is 80.7 Å². The topological polar surface area (TPSA) is 64.3 Å². The highest BCUT2D eigenvalue weighted by atomic mass is 32.1. The number of esters is 1. The fourth-order valence-electron chi connectivity index (χ4n) is 0.919. The van der Waals surface area contributed by atoms with E-state index >= 15 is 0 Å². The summed E-state index contributed by atoms with van der Waals surface area (Å²) < 4.78 is 4.57. The molecule has 0 amide bonds. The molecule has 0 spiro atoms. The van der Waals surface area contributed by atoms with Crippen LogP contribution >= 0.6 is 11.3 Å². The van der Waals surface area contributed by atoms with E-state index < -0.39 is 0 Å². The summed E-state index contributed by atoms with van der Waals surface area (Å²) in [7, 11) is 1.34. The van der Waals surface area contributed by atoms with Gasteiger partial charge < -0.3 is 15.8 Å². The lowest BCUT2D eigenvalue weighted by Crippen LogP contribution is -2.01. The highest BCUT2D eigenvalue weighted by Crippen LogP contribution is 2.29. The minimum Gasteiger partial charge on any atom is -0.465 e. The predicted octanol–water partition coefficient (Wildman–Crippen LogP) is 1.55. The zero-order chi connectivity index (χ0) is 9.84. The lowest BCUT2D eigenvalue weighted by Gasteiger charge is -1.95. The molecule has 1 heterocycles. The third-order valence-corrected chi connectivity index (χ3v) is 2.57. The van der Waals surface area contributed by atoms with Crippen molar-refractivity contribution in [3.63, 3.8) is 0 Å². The van der Waals surface area contributed by atoms with Crippen molar-refractivity contribution in [3.8, 4) is 0 Å². The summed E-state index contributed by atoms with van der Waals surface area (Å²) in [5, 5.41) is 3.97. The van der Waals surface area contributed by atoms with Gasteiger partial charge in [0.05, 0.1) is 17.8 Å². The lowest BCUT2D eigenvalue weighted by atomic mass is 10.4. The van der Waals surface area contributed by atoms with Crippen molar-refractivity contribution in [2.75, 3.05) is 24.7 Å². The quantitative estimate of drug-likeness (QED) is 0.726. The SMILES string of the molecule is CCNc1cc(N)c(C(=O)OC)s1. The van der Waals surface area contributed by atoms with Gasteiger partial charge in [-0.25, -0.2) is 4.79 Å². The van der Waals surface area contributed by atoms with Gasteiger partial charge in [-0.15, -0.1) is 11.3 Å². The van der Waals surface area contributed by atoms with Crippen molar-refractivity contribution in [1.82, 2.24) is 0 Å². The van der Waals surface area contributed by atoms with Crippen LogP contribution < -0.4 is 11.1 Å². The molecule has 0 aliphatic heterocycles. The first-order valence-corrected chi connectivity index (χ1v) is 4.72. The second-order valence-electron chi connectivity index (χ2n) is 2.42. The lowest BCUT2D eigenvalue weighted by molar-refractivity contribution is 0.0607. The largest absolute Gasteiger partial charge is 0.465 e. The molecule has 13 heavy (non-hydrogen) atoms. The molecule has 0 aliphatic carbocycles. The van der Waals surface area contributed by atoms with E-state index in [9.17, 15) is 4.79 Å². The Morgan fingerprint density at radius 3 is 3.00 bits per heavy atom. The highest BCUT2D eigenvalue weighted by Gasteiger charge is 2.13. The van der Waals surface area contributed by atoms with Gasteiger partial charge in [-0.3, -0.25) is 0 Å². The maximum Gasteiger partial charge on any atom is 0.350 e. The molecule has 0 fully saturated rings. The summed E-state index contributed by atoms with van der Waals surface area (Å²) >= 11 is 1.31. The fourth-order valence-corrected chi connectivity index (χ4v) is 1.88. The third kappa shape index (κ3) is 2.12. The number of thiophene rings is 1. The van der Waals surface area contributed by atoms with Crippen LogP contribution in [0.4, 0.5) is 10.7 Å². The van der Waals surface area contributed by atoms with E-state index in [-0.39, 0.29) is 5.97 Å². The first-order valence-electron chi connectivity index (χ1n) is 3.90. The first-order chi connectivity index (χ1) is 6.19. The molecular formula is C8H12N2O2S. The molecule has 3 N–H and O–H groups in total. The average Bonchev–Trinajstić information content (AvgIpc) is 2.46. The summed E-state index contributed by atoms with van der Waals surface area (Å²) in [5.41, 5.74) is 6.08. The van der Waals surface area contributed by atoms with Gasteiger partial charge in [0.2, 0.25) is 0 Å². The molecule has 1 aromatic rings. The number of hydrogen-bond donors (Lipinski definition) is 2. The van der Waals surface area contributed by atoms with Crippen LogP contribution in [0.2, 0.25) is 0 Å². The van der Waals surface area contributed by atoms with Crippen molar-refractivity contribution < 1.29 is 9.53 Å². The predicted molar refractivity (Wildman–Crippen MR) is 54.2 cm³/mol. The van der Waals surface area contributed by atoms with Crippen LogP contribution in [-0.4, -0.2) is 19.6 Å². The van der Waals surface area contributed by atoms with Crippen molar-refractivity contribution in [3.05, 3.63) is 10.9 Å². The molecule has 1 rings (SSSR count). The Bertz CT molecular complexity index is 309. The molecule has 0 atom stereocenters. The Morgan fingerprint density at radius 1 is 1.77 bits per heavy atom. The van der Waals surface area contributed by atoms with Crippen LogP contribution in [0, 0.1) is 0 Å². The molecule has 0 radical (unpaired) electrons. The summed E-state index contributed by atoms with van der Waals surface area (Å²) in [5.74, 6) is -0.383. The minimum absolute atomic E-state index is 0.383. The normalized spacial score (nSPS) is 9.69. The molecule has 0 bridgehead atoms. The number of nitrogen functional groups attached to an aromatic ring is 1. The number of ether oxygens (including phenoxy) is 1. The minimum atomic E-state index is -0.383. The second-order valence-corrected chi connectivity index (χ2v) is 3.47. The Kier molecular flexibility index (Phi) is 3.13. The van der Waals surface area contributed by atoms with Gasteiger partial charge in [-0.1, -0.05) is 0 Å². The molecule has 5 heteroatoms. The smallest absolute Gasteiger partial charge is 0.350 e. The second kappa shape index (κ2) is 4.13. The number of hydrogen-bond acceptors (Lipinski definition) is 5. The molecule has 0 aromatic carbocycles. The average molecular weight is 200 g/mol. The van der Waals surface area contributed by atoms with Gasteiger partial charge in [-0.05, 0) is 13.0 Å². The van der Waals surface area contributed by atoms with Gasteiger partial charge in [-0.2, -0.15) is 0 Å². The van der Waals surface area contributed by atoms with Crippen molar-refractivity contribution in [2.24, 2.45) is 0 Å². The summed E-state index contributed by atoms with van der Waals surface area (Å²) in [6.45, 7) is 2.79. The van der Waals surface area contributed by atoms with Crippen molar-refractivity contribution >= 4 is 28.0 Å². The third-order valence-electron chi connectivity index (χ3n) is 1.48. The summed E-state index contributed by atoms with van der Waals surface area (Å²) in [6, 6.07) is 1.74. The Morgan fingerprint density at radius 2 is 2.46 bits per heavy atom. The zero-order valence-electron chi connectivity index (χ0n) is 7.59. The maximum absolute atomic E-state index is 11.1. The van der Waals surface area contributed by atoms with Crippen LogP contribution in [0.15, 0.2) is 6.07 Å². The van der Waals surface area contributed by atoms with Gasteiger partial charge >= 0.3 is 5.97 Å². The van der Waals surface area contributed by atoms with E-state index in [1.54, 1.807) is 6.07 Å². The van der Waals surface area contributed by atoms with Gasteiger partial charge in [0, 0.05) is 6.54 Å². The summed E-state index contributed by atoms with van der Waals surface area (Å²) in [6.07, 6.45) is 0. The Hall–Kier alpha value is -1.23. The van der Waals surface area contributed by atoms with Crippen molar-refractivity contribution in [2.45, 2.75) is 6.92 Å². The molecule has 0 aliphatic rings. The molecule has 1 aromatic heterocycles. The van der Waals surface area contributed by atoms with E-state index in [2.05, 4.69) is 10.1 Å². The monoisotopic (exact) mass is 200 g/mol. The van der Waals surface area contributed by atoms with E-state index in [0.717, 1.165) is 11.5 Å². The number of rotatable bonds is 3. The number of anilines is 2. The highest BCUT2D eigenvalue weighted by molar-refractivity contribution is 7.18. The fraction of sp³-hybridized carbons (Fsp3) is 0.375. The standard InChI is InChI=1S/C8H12N2O2S/c1-3-10-6-4-5(9)7(13-6)8(11)12-2/h4,10H,3,9H2,1-2H3. The molecule has 0 saturated carbocycles. The van der Waals surface area contributed by atoms with E-state index in [0.29, 0.717) is 10.6 Å². The van der Waals surface area contributed by atoms with Crippen LogP contribution in [0.3, 0.4) is 0 Å². The van der Waals surface area contributed by atoms with Crippen LogP contribution in [0.25, 0.3) is 0 Å². The summed E-state index contributed by atoms with van der Waals surface area (Å²) in [4.78, 5) is 11.6. The molecule has 72 valence electrons. The number of methoxy groups -OCH3 is 1. The van der Waals surface area contributed by atoms with Crippen LogP contribution in [0.5, 0.6) is 0 Å². The van der Waals surface area contributed by atoms with Crippen LogP contribution in [0.1, 0.15) is 16.6 Å². The first kappa shape index (κ1) is 9.85. The van der Waals surface area contributed by atoms with Gasteiger partial charge in [0.25, 0.3) is 0 Å². The number of carbonyl (C=O) groups is 1. The van der Waals surface area contributed by atoms with E-state index in [1.165, 1.54) is 18.4 Å². The van der Waals surface area contributed by atoms with Crippen LogP contribution in [-0.2, 0) is 4.74 Å². The number of nitrogens with two attached hydrogens (primary N) is 1. The number of nitrogens with one attached hydrogen (secondary N) is 1. The maximum atomic E-state index is 11.1. The molecule has 4 nitrogen and oxygen atoms in total.